The van der Waals surface area contributed by atoms with Crippen LogP contribution in [0.1, 0.15) is 36.1 Å². The third-order valence-electron chi connectivity index (χ3n) is 8.97. The monoisotopic (exact) mass is 720 g/mol. The van der Waals surface area contributed by atoms with Crippen LogP contribution >= 0.6 is 23.1 Å². The lowest BCUT2D eigenvalue weighted by Crippen LogP contribution is -2.71. The zero-order chi connectivity index (χ0) is 35.1. The van der Waals surface area contributed by atoms with Crippen molar-refractivity contribution < 1.29 is 33.3 Å². The zero-order valence-corrected chi connectivity index (χ0v) is 28.5. The van der Waals surface area contributed by atoms with E-state index in [4.69, 9.17) is 16.0 Å². The van der Waals surface area contributed by atoms with Gasteiger partial charge in [-0.25, -0.2) is 18.6 Å². The molecule has 0 saturated carbocycles. The number of thiazole rings is 1. The number of rotatable bonds is 10. The Bertz CT molecular complexity index is 2080. The lowest BCUT2D eigenvalue weighted by atomic mass is 10.0. The van der Waals surface area contributed by atoms with Crippen LogP contribution in [0.3, 0.4) is 0 Å². The van der Waals surface area contributed by atoms with E-state index in [9.17, 15) is 19.5 Å². The first-order chi connectivity index (χ1) is 24.1. The first-order valence-electron chi connectivity index (χ1n) is 15.8. The van der Waals surface area contributed by atoms with E-state index in [2.05, 4.69) is 15.5 Å². The molecule has 0 spiro atoms. The number of carboxylic acid groups (broad SMARTS) is 1. The number of oxime groups is 1. The molecule has 0 bridgehead atoms. The Morgan fingerprint density at radius 1 is 1.24 bits per heavy atom. The highest BCUT2D eigenvalue weighted by Crippen LogP contribution is 2.40. The highest BCUT2D eigenvalue weighted by atomic mass is 32.2. The molecule has 260 valence electrons. The van der Waals surface area contributed by atoms with E-state index in [0.29, 0.717) is 22.5 Å². The number of nitrogens with one attached hydrogen (secondary N) is 2. The van der Waals surface area contributed by atoms with E-state index >= 15 is 4.39 Å². The Morgan fingerprint density at radius 3 is 2.74 bits per heavy atom. The van der Waals surface area contributed by atoms with Crippen molar-refractivity contribution in [2.24, 2.45) is 5.16 Å². The second-order valence-electron chi connectivity index (χ2n) is 12.0. The quantitative estimate of drug-likeness (QED) is 0.0690. The van der Waals surface area contributed by atoms with E-state index in [-0.39, 0.29) is 41.1 Å². The fraction of sp³-hybridized carbons (Fsp3) is 0.344. The summed E-state index contributed by atoms with van der Waals surface area (Å²) in [5.74, 6) is -2.61. The third-order valence-corrected chi connectivity index (χ3v) is 11.0. The number of thioether (sulfide) groups is 1. The van der Waals surface area contributed by atoms with Gasteiger partial charge in [-0.2, -0.15) is 0 Å². The second kappa shape index (κ2) is 13.6. The van der Waals surface area contributed by atoms with E-state index < -0.39 is 35.0 Å². The van der Waals surface area contributed by atoms with Gasteiger partial charge in [0.15, 0.2) is 17.0 Å². The van der Waals surface area contributed by atoms with Gasteiger partial charge >= 0.3 is 5.65 Å². The third kappa shape index (κ3) is 6.08. The van der Waals surface area contributed by atoms with Gasteiger partial charge in [-0.15, -0.1) is 27.6 Å². The van der Waals surface area contributed by atoms with Crippen molar-refractivity contribution in [2.45, 2.75) is 43.8 Å². The van der Waals surface area contributed by atoms with Gasteiger partial charge in [0, 0.05) is 35.3 Å². The maximum atomic E-state index is 15.3. The van der Waals surface area contributed by atoms with Crippen molar-refractivity contribution in [1.82, 2.24) is 29.3 Å². The molecule has 2 atom stereocenters. The molecular formula is C32H33FN10O5S2. The molecule has 6 heterocycles. The van der Waals surface area contributed by atoms with E-state index in [0.717, 1.165) is 54.2 Å². The van der Waals surface area contributed by atoms with Crippen molar-refractivity contribution in [1.29, 1.82) is 5.41 Å². The summed E-state index contributed by atoms with van der Waals surface area (Å²) in [5, 5.41) is 28.4. The predicted molar refractivity (Wildman–Crippen MR) is 180 cm³/mol. The van der Waals surface area contributed by atoms with Gasteiger partial charge in [0.2, 0.25) is 0 Å². The number of likely N-dealkylation sites (tertiary alicyclic amines) is 1. The predicted octanol–water partition coefficient (Wildman–Crippen LogP) is 0.520. The van der Waals surface area contributed by atoms with Crippen LogP contribution in [0.2, 0.25) is 0 Å². The normalized spacial score (nSPS) is 19.4. The lowest BCUT2D eigenvalue weighted by Gasteiger charge is -2.50. The van der Waals surface area contributed by atoms with Crippen LogP contribution in [-0.2, 0) is 32.3 Å². The number of nitrogen functional groups attached to an aromatic ring is 1. The summed E-state index contributed by atoms with van der Waals surface area (Å²) in [6, 6.07) is 5.75. The molecule has 18 heteroatoms. The summed E-state index contributed by atoms with van der Waals surface area (Å²) in [6.45, 7) is 2.00. The van der Waals surface area contributed by atoms with E-state index in [1.807, 2.05) is 26.2 Å². The average Bonchev–Trinajstić information content (AvgIpc) is 3.84. The number of nitrogens with zero attached hydrogens (tertiary/aromatic N) is 7. The van der Waals surface area contributed by atoms with E-state index in [1.165, 1.54) is 30.3 Å². The van der Waals surface area contributed by atoms with Crippen LogP contribution in [-0.4, -0.2) is 90.7 Å². The molecule has 2 amide bonds. The van der Waals surface area contributed by atoms with Crippen LogP contribution in [0.5, 0.6) is 0 Å². The number of anilines is 1. The second-order valence-corrected chi connectivity index (χ2v) is 14.0. The Morgan fingerprint density at radius 2 is 2.04 bits per heavy atom. The number of imidazole rings is 1. The number of benzene rings is 1. The number of aromatic nitrogens is 4. The number of carbonyl (C=O) groups excluding carboxylic acids is 3. The molecule has 4 N–H and O–H groups in total. The average molecular weight is 721 g/mol. The van der Waals surface area contributed by atoms with Crippen molar-refractivity contribution in [3.8, 4) is 0 Å². The molecule has 3 aliphatic heterocycles. The minimum Gasteiger partial charge on any atom is -0.543 e. The Kier molecular flexibility index (Phi) is 9.04. The standard InChI is InChI=1S/C32H33FN10O5S2/c1-48-38-24(22-17-50-32(35)36-22)28(44)37-25-29(45)43-26(31(46)47)20(16-49-30(25)43)15-41-10-7-23-40(11-12-42(23)41)14-19-6-5-18(13-21(19)33)27(34)39-8-3-2-4-9-39/h5-7,10-13,17,25,30,34H,2-4,8-9,14-16H2,1H3,(H3-,35,36,37,44,46,47)/b34-27?,38-24-/t25-,30-/m1/s1. The van der Waals surface area contributed by atoms with Gasteiger partial charge in [-0.3, -0.25) is 19.9 Å². The van der Waals surface area contributed by atoms with Gasteiger partial charge in [-0.1, -0.05) is 17.3 Å². The number of halogens is 1. The van der Waals surface area contributed by atoms with Crippen molar-refractivity contribution in [3.63, 3.8) is 0 Å². The Hall–Kier alpha value is -5.23. The first kappa shape index (κ1) is 33.3. The SMILES string of the molecule is CO/N=C(\C(=O)N[C@@H]1C(=O)N2C(C(=O)[O-])=C(Cn3ccc4n3cc[n+]4Cc3ccc(C(=N)N4CCCCC4)cc3F)CS[C@H]12)c1csc(N)n1. The number of carboxylic acids is 1. The summed E-state index contributed by atoms with van der Waals surface area (Å²) in [4.78, 5) is 50.7. The molecule has 15 nitrogen and oxygen atoms in total. The molecule has 2 fully saturated rings. The van der Waals surface area contributed by atoms with Crippen molar-refractivity contribution >= 4 is 63.2 Å². The number of piperidine rings is 1. The van der Waals surface area contributed by atoms with Crippen LogP contribution < -0.4 is 20.7 Å². The molecule has 3 aliphatic rings. The van der Waals surface area contributed by atoms with Gasteiger partial charge < -0.3 is 30.7 Å². The van der Waals surface area contributed by atoms with Crippen LogP contribution in [0.4, 0.5) is 9.52 Å². The number of aliphatic carboxylic acids is 1. The van der Waals surface area contributed by atoms with Crippen LogP contribution in [0.15, 0.2) is 64.7 Å². The molecule has 0 unspecified atom stereocenters. The van der Waals surface area contributed by atoms with Crippen LogP contribution in [0.25, 0.3) is 5.65 Å². The molecule has 0 aliphatic carbocycles. The fourth-order valence-corrected chi connectivity index (χ4v) is 8.38. The molecule has 50 heavy (non-hydrogen) atoms. The Balaban J connectivity index is 1.06. The molecule has 2 saturated heterocycles. The molecule has 4 aromatic rings. The Labute approximate surface area is 293 Å². The minimum atomic E-state index is -1.50. The van der Waals surface area contributed by atoms with Gasteiger partial charge in [0.1, 0.15) is 48.6 Å². The van der Waals surface area contributed by atoms with Gasteiger partial charge in [-0.05, 0) is 30.9 Å². The highest BCUT2D eigenvalue weighted by Gasteiger charge is 2.53. The topological polar surface area (TPSA) is 190 Å². The number of nitrogens with two attached hydrogens (primary N) is 1. The smallest absolute Gasteiger partial charge is 0.307 e. The number of β-lactam (4-membered cyclic amide) rings is 1. The van der Waals surface area contributed by atoms with Crippen LogP contribution in [0, 0.1) is 11.2 Å². The van der Waals surface area contributed by atoms with Crippen molar-refractivity contribution in [3.05, 3.63) is 82.1 Å². The van der Waals surface area contributed by atoms with Gasteiger partial charge in [0.25, 0.3) is 11.8 Å². The zero-order valence-electron chi connectivity index (χ0n) is 26.9. The summed E-state index contributed by atoms with van der Waals surface area (Å²) in [5.41, 5.74) is 7.69. The number of carbonyl (C=O) groups is 3. The molecule has 7 rings (SSSR count). The number of fused-ring (bicyclic) bond motifs is 2. The maximum Gasteiger partial charge on any atom is 0.307 e. The van der Waals surface area contributed by atoms with E-state index in [1.54, 1.807) is 29.2 Å². The summed E-state index contributed by atoms with van der Waals surface area (Å²) >= 11 is 2.43. The molecule has 3 aromatic heterocycles. The number of hydrogen-bond acceptors (Lipinski definition) is 11. The minimum absolute atomic E-state index is 0.138. The molecular weight excluding hydrogens is 688 g/mol. The first-order valence-corrected chi connectivity index (χ1v) is 17.8. The molecule has 0 radical (unpaired) electrons. The van der Waals surface area contributed by atoms with Gasteiger partial charge in [0.05, 0.1) is 30.5 Å². The number of hydrogen-bond donors (Lipinski definition) is 3. The highest BCUT2D eigenvalue weighted by molar-refractivity contribution is 8.00. The number of amidine groups is 1. The molecule has 1 aromatic carbocycles. The summed E-state index contributed by atoms with van der Waals surface area (Å²) < 4.78 is 20.8. The number of amides is 2. The lowest BCUT2D eigenvalue weighted by molar-refractivity contribution is -0.662. The summed E-state index contributed by atoms with van der Waals surface area (Å²) in [6.07, 6.45) is 8.59. The fourth-order valence-electron chi connectivity index (χ4n) is 6.50. The maximum absolute atomic E-state index is 15.3. The van der Waals surface area contributed by atoms with Crippen molar-refractivity contribution in [2.75, 3.05) is 31.7 Å². The summed E-state index contributed by atoms with van der Waals surface area (Å²) in [7, 11) is 1.27. The largest absolute Gasteiger partial charge is 0.543 e.